The van der Waals surface area contributed by atoms with Gasteiger partial charge in [-0.25, -0.2) is 0 Å². The van der Waals surface area contributed by atoms with Crippen molar-refractivity contribution in [3.8, 4) is 40.5 Å². The van der Waals surface area contributed by atoms with E-state index in [0.29, 0.717) is 41.1 Å². The summed E-state index contributed by atoms with van der Waals surface area (Å²) >= 11 is 0. The Kier molecular flexibility index (Phi) is 7.77. The van der Waals surface area contributed by atoms with Crippen LogP contribution in [0.25, 0.3) is 22.6 Å². The van der Waals surface area contributed by atoms with Gasteiger partial charge in [-0.2, -0.15) is 5.26 Å². The molecule has 4 aromatic rings. The number of hydrogen-bond acceptors (Lipinski definition) is 6. The lowest BCUT2D eigenvalue weighted by atomic mass is 9.94. The fourth-order valence-electron chi connectivity index (χ4n) is 5.07. The standard InChI is InChI=1S/C33H31N5O2/c1-3-4-14-28-15-10-17-38(28)31(39)27-19-25(29-16-9-8-13-24(29)22-34)18-26(20-27)30-36-37-32(40-30)33(2,35)21-23-11-6-5-7-12-23/h5-9,11-13,16,18-20,28H,3,10,15,17,21,35H2,1-2H3/t28-,33+/m0/s1. The molecule has 1 aromatic heterocycles. The molecule has 2 N–H and O–H groups in total. The highest BCUT2D eigenvalue weighted by molar-refractivity contribution is 5.97. The van der Waals surface area contributed by atoms with Crippen LogP contribution < -0.4 is 5.73 Å². The Balaban J connectivity index is 1.56. The Hall–Kier alpha value is -4.72. The zero-order valence-electron chi connectivity index (χ0n) is 22.7. The van der Waals surface area contributed by atoms with Crippen molar-refractivity contribution < 1.29 is 9.21 Å². The summed E-state index contributed by atoms with van der Waals surface area (Å²) in [6.07, 6.45) is 3.02. The summed E-state index contributed by atoms with van der Waals surface area (Å²) in [5, 5.41) is 18.4. The molecule has 1 amide bonds. The first-order valence-electron chi connectivity index (χ1n) is 13.5. The molecule has 40 heavy (non-hydrogen) atoms. The number of aromatic nitrogens is 2. The van der Waals surface area contributed by atoms with Gasteiger partial charge in [0.25, 0.3) is 5.91 Å². The summed E-state index contributed by atoms with van der Waals surface area (Å²) in [7, 11) is 0. The van der Waals surface area contributed by atoms with Gasteiger partial charge < -0.3 is 15.1 Å². The molecule has 7 heteroatoms. The van der Waals surface area contributed by atoms with E-state index in [1.54, 1.807) is 12.1 Å². The number of carbonyl (C=O) groups is 1. The van der Waals surface area contributed by atoms with Gasteiger partial charge in [0, 0.05) is 24.1 Å². The van der Waals surface area contributed by atoms with E-state index >= 15 is 0 Å². The Labute approximate surface area is 234 Å². The summed E-state index contributed by atoms with van der Waals surface area (Å²) in [5.41, 5.74) is 9.80. The number of nitrogens with zero attached hydrogens (tertiary/aromatic N) is 4. The average molecular weight is 530 g/mol. The fourth-order valence-corrected chi connectivity index (χ4v) is 5.07. The maximum atomic E-state index is 13.8. The zero-order chi connectivity index (χ0) is 28.1. The number of likely N-dealkylation sites (tertiary alicyclic amines) is 1. The Morgan fingerprint density at radius 2 is 1.85 bits per heavy atom. The molecule has 1 aliphatic rings. The normalized spacial score (nSPS) is 16.1. The molecule has 2 atom stereocenters. The van der Waals surface area contributed by atoms with Gasteiger partial charge in [0.05, 0.1) is 23.2 Å². The van der Waals surface area contributed by atoms with Crippen LogP contribution in [-0.2, 0) is 12.0 Å². The van der Waals surface area contributed by atoms with Crippen molar-refractivity contribution in [2.24, 2.45) is 5.73 Å². The number of rotatable bonds is 6. The lowest BCUT2D eigenvalue weighted by molar-refractivity contribution is 0.0766. The number of amides is 1. The average Bonchev–Trinajstić information content (AvgIpc) is 3.67. The summed E-state index contributed by atoms with van der Waals surface area (Å²) in [4.78, 5) is 15.6. The third-order valence-corrected chi connectivity index (χ3v) is 7.07. The first kappa shape index (κ1) is 26.9. The van der Waals surface area contributed by atoms with Crippen molar-refractivity contribution >= 4 is 5.91 Å². The van der Waals surface area contributed by atoms with Gasteiger partial charge in [0.15, 0.2) is 0 Å². The molecule has 1 fully saturated rings. The van der Waals surface area contributed by atoms with Crippen molar-refractivity contribution in [2.45, 2.75) is 51.1 Å². The van der Waals surface area contributed by atoms with Crippen LogP contribution >= 0.6 is 0 Å². The highest BCUT2D eigenvalue weighted by atomic mass is 16.4. The van der Waals surface area contributed by atoms with Crippen LogP contribution in [0, 0.1) is 23.2 Å². The van der Waals surface area contributed by atoms with Gasteiger partial charge in [-0.15, -0.1) is 16.1 Å². The summed E-state index contributed by atoms with van der Waals surface area (Å²) in [6, 6.07) is 24.8. The van der Waals surface area contributed by atoms with Crippen LogP contribution in [0.2, 0.25) is 0 Å². The Morgan fingerprint density at radius 1 is 1.10 bits per heavy atom. The molecule has 1 saturated heterocycles. The second-order valence-corrected chi connectivity index (χ2v) is 10.3. The quantitative estimate of drug-likeness (QED) is 0.321. The number of hydrogen-bond donors (Lipinski definition) is 1. The minimum Gasteiger partial charge on any atom is -0.419 e. The number of nitrogens with two attached hydrogens (primary N) is 1. The molecular formula is C33H31N5O2. The second kappa shape index (κ2) is 11.6. The Bertz CT molecular complexity index is 1620. The van der Waals surface area contributed by atoms with E-state index < -0.39 is 5.54 Å². The van der Waals surface area contributed by atoms with Crippen molar-refractivity contribution in [3.63, 3.8) is 0 Å². The number of carbonyl (C=O) groups excluding carboxylic acids is 1. The van der Waals surface area contributed by atoms with Crippen molar-refractivity contribution in [3.05, 3.63) is 95.4 Å². The minimum atomic E-state index is -0.892. The molecule has 2 heterocycles. The Morgan fingerprint density at radius 3 is 2.62 bits per heavy atom. The molecule has 3 aromatic carbocycles. The monoisotopic (exact) mass is 529 g/mol. The van der Waals surface area contributed by atoms with Gasteiger partial charge >= 0.3 is 0 Å². The van der Waals surface area contributed by atoms with Gasteiger partial charge in [0.2, 0.25) is 11.8 Å². The van der Waals surface area contributed by atoms with E-state index in [4.69, 9.17) is 10.2 Å². The van der Waals surface area contributed by atoms with Crippen LogP contribution in [0.1, 0.15) is 60.5 Å². The molecule has 7 nitrogen and oxygen atoms in total. The maximum Gasteiger partial charge on any atom is 0.254 e. The van der Waals surface area contributed by atoms with Crippen molar-refractivity contribution in [1.29, 1.82) is 5.26 Å². The summed E-state index contributed by atoms with van der Waals surface area (Å²) < 4.78 is 6.13. The first-order valence-corrected chi connectivity index (χ1v) is 13.5. The minimum absolute atomic E-state index is 0.113. The van der Waals surface area contributed by atoms with Crippen LogP contribution in [0.5, 0.6) is 0 Å². The summed E-state index contributed by atoms with van der Waals surface area (Å²) in [5.74, 6) is 6.81. The van der Waals surface area contributed by atoms with Crippen LogP contribution in [0.15, 0.2) is 77.2 Å². The first-order chi connectivity index (χ1) is 19.4. The van der Waals surface area contributed by atoms with Crippen LogP contribution in [0.3, 0.4) is 0 Å². The highest BCUT2D eigenvalue weighted by Crippen LogP contribution is 2.32. The lowest BCUT2D eigenvalue weighted by Crippen LogP contribution is -2.35. The summed E-state index contributed by atoms with van der Waals surface area (Å²) in [6.45, 7) is 4.50. The molecule has 0 aliphatic carbocycles. The third kappa shape index (κ3) is 5.66. The predicted octanol–water partition coefficient (Wildman–Crippen LogP) is 5.71. The van der Waals surface area contributed by atoms with Crippen LogP contribution in [-0.4, -0.2) is 33.6 Å². The van der Waals surface area contributed by atoms with E-state index in [-0.39, 0.29) is 17.8 Å². The van der Waals surface area contributed by atoms with Crippen molar-refractivity contribution in [1.82, 2.24) is 15.1 Å². The van der Waals surface area contributed by atoms with Gasteiger partial charge in [0.1, 0.15) is 0 Å². The molecule has 200 valence electrons. The molecule has 0 radical (unpaired) electrons. The molecule has 0 saturated carbocycles. The third-order valence-electron chi connectivity index (χ3n) is 7.07. The predicted molar refractivity (Wildman–Crippen MR) is 154 cm³/mol. The molecule has 0 bridgehead atoms. The molecule has 0 unspecified atom stereocenters. The number of benzene rings is 3. The largest absolute Gasteiger partial charge is 0.419 e. The molecule has 1 aliphatic heterocycles. The molecule has 5 rings (SSSR count). The molecule has 0 spiro atoms. The topological polar surface area (TPSA) is 109 Å². The van der Waals surface area contributed by atoms with Gasteiger partial charge in [-0.3, -0.25) is 4.79 Å². The van der Waals surface area contributed by atoms with E-state index in [1.165, 1.54) is 0 Å². The smallest absolute Gasteiger partial charge is 0.254 e. The lowest BCUT2D eigenvalue weighted by Gasteiger charge is -2.21. The highest BCUT2D eigenvalue weighted by Gasteiger charge is 2.31. The second-order valence-electron chi connectivity index (χ2n) is 10.3. The van der Waals surface area contributed by atoms with Crippen molar-refractivity contribution in [2.75, 3.05) is 6.54 Å². The van der Waals surface area contributed by atoms with E-state index in [9.17, 15) is 10.1 Å². The number of nitriles is 1. The van der Waals surface area contributed by atoms with E-state index in [1.807, 2.05) is 79.4 Å². The van der Waals surface area contributed by atoms with E-state index in [2.05, 4.69) is 28.1 Å². The van der Waals surface area contributed by atoms with E-state index in [0.717, 1.165) is 30.4 Å². The fraction of sp³-hybridized carbons (Fsp3) is 0.273. The van der Waals surface area contributed by atoms with Gasteiger partial charge in [-0.1, -0.05) is 61.4 Å². The zero-order valence-corrected chi connectivity index (χ0v) is 22.7. The van der Waals surface area contributed by atoms with Gasteiger partial charge in [-0.05, 0) is 67.1 Å². The maximum absolute atomic E-state index is 13.8. The molecular weight excluding hydrogens is 498 g/mol. The SMILES string of the molecule is CCC#C[C@H]1CCCN1C(=O)c1cc(-c2nnc([C@](C)(N)Cc3ccccc3)o2)cc(-c2ccccc2C#N)c1. The van der Waals surface area contributed by atoms with Crippen LogP contribution in [0.4, 0.5) is 0 Å².